The predicted molar refractivity (Wildman–Crippen MR) is 53.3 cm³/mol. The van der Waals surface area contributed by atoms with E-state index in [1.54, 1.807) is 28.2 Å². The third-order valence-electron chi connectivity index (χ3n) is 0.931. The van der Waals surface area contributed by atoms with Crippen molar-refractivity contribution in [3.8, 4) is 0 Å². The Bertz CT molecular complexity index is 144. The number of hydrogen-bond acceptors (Lipinski definition) is 4. The van der Waals surface area contributed by atoms with Crippen LogP contribution in [0.1, 0.15) is 0 Å². The zero-order valence-electron chi connectivity index (χ0n) is 8.82. The van der Waals surface area contributed by atoms with E-state index < -0.39 is 0 Å². The average molecular weight is 206 g/mol. The van der Waals surface area contributed by atoms with E-state index in [0.717, 1.165) is 0 Å². The van der Waals surface area contributed by atoms with Gasteiger partial charge < -0.3 is 10.6 Å². The van der Waals surface area contributed by atoms with Gasteiger partial charge in [0.2, 0.25) is 0 Å². The normalized spacial score (nSPS) is 7.71. The van der Waals surface area contributed by atoms with Crippen LogP contribution in [0.15, 0.2) is 0 Å². The molecule has 0 aliphatic heterocycles. The van der Waals surface area contributed by atoms with E-state index in [1.165, 1.54) is 0 Å². The Morgan fingerprint density at radius 2 is 1.00 bits per heavy atom. The lowest BCUT2D eigenvalue weighted by Crippen LogP contribution is -2.40. The van der Waals surface area contributed by atoms with Crippen molar-refractivity contribution >= 4 is 12.1 Å². The molecule has 0 spiro atoms. The molecule has 0 saturated heterocycles. The van der Waals surface area contributed by atoms with Gasteiger partial charge in [0.1, 0.15) is 0 Å². The summed E-state index contributed by atoms with van der Waals surface area (Å²) in [6.07, 6.45) is 0. The summed E-state index contributed by atoms with van der Waals surface area (Å²) in [5, 5.41) is 4.71. The number of hydrogen-bond donors (Lipinski definition) is 6. The van der Waals surface area contributed by atoms with Crippen molar-refractivity contribution < 1.29 is 9.59 Å². The van der Waals surface area contributed by atoms with Gasteiger partial charge in [-0.15, -0.1) is 0 Å². The van der Waals surface area contributed by atoms with E-state index in [2.05, 4.69) is 32.3 Å². The number of hydrazine groups is 2. The largest absolute Gasteiger partial charge is 0.340 e. The molecule has 0 bridgehead atoms. The van der Waals surface area contributed by atoms with Gasteiger partial charge in [0.05, 0.1) is 0 Å². The van der Waals surface area contributed by atoms with Crippen LogP contribution in [0.4, 0.5) is 9.59 Å². The highest BCUT2D eigenvalue weighted by atomic mass is 16.2. The van der Waals surface area contributed by atoms with Gasteiger partial charge in [-0.25, -0.2) is 20.4 Å². The first-order valence-corrected chi connectivity index (χ1v) is 3.91. The minimum absolute atomic E-state index is 0.234. The van der Waals surface area contributed by atoms with Crippen molar-refractivity contribution in [3.05, 3.63) is 0 Å². The Morgan fingerprint density at radius 1 is 0.714 bits per heavy atom. The molecule has 84 valence electrons. The molecule has 0 aromatic carbocycles. The van der Waals surface area contributed by atoms with Crippen molar-refractivity contribution in [2.45, 2.75) is 0 Å². The number of amides is 4. The smallest absolute Gasteiger partial charge is 0.328 e. The second kappa shape index (κ2) is 11.5. The lowest BCUT2D eigenvalue weighted by Gasteiger charge is -1.97. The molecule has 0 aliphatic carbocycles. The Labute approximate surface area is 83.1 Å². The fourth-order valence-electron chi connectivity index (χ4n) is 0.352. The maximum atomic E-state index is 10.1. The first-order chi connectivity index (χ1) is 6.62. The standard InChI is InChI=1S/2C3H9N3O/c2*1-4-3(7)6-5-2/h2*5H,1-2H3,(H2,4,6,7). The average Bonchev–Trinajstić information content (AvgIpc) is 2.19. The van der Waals surface area contributed by atoms with Crippen LogP contribution in [-0.2, 0) is 0 Å². The summed E-state index contributed by atoms with van der Waals surface area (Å²) in [4.78, 5) is 20.3. The van der Waals surface area contributed by atoms with Gasteiger partial charge in [0.25, 0.3) is 0 Å². The van der Waals surface area contributed by atoms with Crippen LogP contribution >= 0.6 is 0 Å². The first-order valence-electron chi connectivity index (χ1n) is 3.91. The molecule has 6 N–H and O–H groups in total. The molecule has 0 aliphatic rings. The third-order valence-corrected chi connectivity index (χ3v) is 0.931. The van der Waals surface area contributed by atoms with Crippen molar-refractivity contribution in [1.82, 2.24) is 32.3 Å². The van der Waals surface area contributed by atoms with Gasteiger partial charge in [-0.3, -0.25) is 10.9 Å². The Hall–Kier alpha value is -1.54. The molecule has 0 saturated carbocycles. The first kappa shape index (κ1) is 15.0. The third kappa shape index (κ3) is 13.1. The second-order valence-electron chi connectivity index (χ2n) is 1.91. The maximum absolute atomic E-state index is 10.1. The van der Waals surface area contributed by atoms with Crippen LogP contribution < -0.4 is 32.3 Å². The summed E-state index contributed by atoms with van der Waals surface area (Å²) in [5.74, 6) is 0. The quantitative estimate of drug-likeness (QED) is 0.297. The fourth-order valence-corrected chi connectivity index (χ4v) is 0.352. The van der Waals surface area contributed by atoms with Gasteiger partial charge in [0, 0.05) is 28.2 Å². The molecule has 0 rings (SSSR count). The van der Waals surface area contributed by atoms with Crippen molar-refractivity contribution in [1.29, 1.82) is 0 Å². The fraction of sp³-hybridized carbons (Fsp3) is 0.667. The van der Waals surface area contributed by atoms with Crippen LogP contribution in [0.25, 0.3) is 0 Å². The zero-order valence-corrected chi connectivity index (χ0v) is 8.82. The molecule has 0 aromatic heterocycles. The molecule has 14 heavy (non-hydrogen) atoms. The minimum atomic E-state index is -0.234. The molecule has 0 fully saturated rings. The molecule has 0 aromatic rings. The van der Waals surface area contributed by atoms with Crippen molar-refractivity contribution in [2.24, 2.45) is 0 Å². The highest BCUT2D eigenvalue weighted by molar-refractivity contribution is 5.73. The van der Waals surface area contributed by atoms with E-state index in [-0.39, 0.29) is 12.1 Å². The van der Waals surface area contributed by atoms with Gasteiger partial charge in [0.15, 0.2) is 0 Å². The van der Waals surface area contributed by atoms with Gasteiger partial charge in [-0.1, -0.05) is 0 Å². The van der Waals surface area contributed by atoms with Crippen LogP contribution in [-0.4, -0.2) is 40.3 Å². The summed E-state index contributed by atoms with van der Waals surface area (Å²) in [7, 11) is 6.34. The molecular weight excluding hydrogens is 188 g/mol. The summed E-state index contributed by atoms with van der Waals surface area (Å²) >= 11 is 0. The van der Waals surface area contributed by atoms with Gasteiger partial charge in [-0.2, -0.15) is 0 Å². The summed E-state index contributed by atoms with van der Waals surface area (Å²) in [5.41, 5.74) is 9.50. The molecule has 0 radical (unpaired) electrons. The molecule has 8 nitrogen and oxygen atoms in total. The molecular formula is C6H18N6O2. The molecule has 0 unspecified atom stereocenters. The summed E-state index contributed by atoms with van der Waals surface area (Å²) < 4.78 is 0. The SMILES string of the molecule is CNNC(=O)NC.CNNC(=O)NC. The topological polar surface area (TPSA) is 106 Å². The van der Waals surface area contributed by atoms with Crippen molar-refractivity contribution in [3.63, 3.8) is 0 Å². The number of carbonyl (C=O) groups excluding carboxylic acids is 2. The van der Waals surface area contributed by atoms with Gasteiger partial charge in [-0.05, 0) is 0 Å². The second-order valence-corrected chi connectivity index (χ2v) is 1.91. The highest BCUT2D eigenvalue weighted by Crippen LogP contribution is 1.49. The van der Waals surface area contributed by atoms with Crippen LogP contribution in [0.2, 0.25) is 0 Å². The van der Waals surface area contributed by atoms with E-state index in [1.807, 2.05) is 0 Å². The monoisotopic (exact) mass is 206 g/mol. The van der Waals surface area contributed by atoms with E-state index in [9.17, 15) is 9.59 Å². The number of carbonyl (C=O) groups is 2. The van der Waals surface area contributed by atoms with E-state index in [0.29, 0.717) is 0 Å². The molecule has 8 heteroatoms. The Balaban J connectivity index is 0. The number of urea groups is 2. The van der Waals surface area contributed by atoms with Gasteiger partial charge >= 0.3 is 12.1 Å². The number of rotatable bonds is 2. The van der Waals surface area contributed by atoms with Crippen LogP contribution in [0, 0.1) is 0 Å². The Morgan fingerprint density at radius 3 is 1.07 bits per heavy atom. The highest BCUT2D eigenvalue weighted by Gasteiger charge is 1.86. The van der Waals surface area contributed by atoms with Crippen LogP contribution in [0.5, 0.6) is 0 Å². The lowest BCUT2D eigenvalue weighted by molar-refractivity contribution is 0.239. The van der Waals surface area contributed by atoms with Crippen molar-refractivity contribution in [2.75, 3.05) is 28.2 Å². The Kier molecular flexibility index (Phi) is 12.2. The van der Waals surface area contributed by atoms with E-state index >= 15 is 0 Å². The van der Waals surface area contributed by atoms with E-state index in [4.69, 9.17) is 0 Å². The summed E-state index contributed by atoms with van der Waals surface area (Å²) in [6.45, 7) is 0. The molecule has 0 heterocycles. The maximum Gasteiger partial charge on any atom is 0.328 e. The minimum Gasteiger partial charge on any atom is -0.340 e. The lowest BCUT2D eigenvalue weighted by atomic mass is 11.0. The number of nitrogens with one attached hydrogen (secondary N) is 6. The summed E-state index contributed by atoms with van der Waals surface area (Å²) in [6, 6.07) is -0.468. The predicted octanol–water partition coefficient (Wildman–Crippen LogP) is -1.90. The zero-order chi connectivity index (χ0) is 11.4. The molecule has 4 amide bonds. The molecule has 0 atom stereocenters. The van der Waals surface area contributed by atoms with Crippen LogP contribution in [0.3, 0.4) is 0 Å².